The lowest BCUT2D eigenvalue weighted by Gasteiger charge is -2.30. The Labute approximate surface area is 88.9 Å². The molecule has 1 nitrogen and oxygen atoms in total. The van der Waals surface area contributed by atoms with Crippen LogP contribution in [0.4, 0.5) is 0 Å². The Balaban J connectivity index is 2.44. The molecule has 1 aliphatic rings. The Morgan fingerprint density at radius 1 is 1.00 bits per heavy atom. The first-order chi connectivity index (χ1) is 6.70. The lowest BCUT2D eigenvalue weighted by molar-refractivity contribution is 0.0000596. The fourth-order valence-corrected chi connectivity index (χ4v) is 2.71. The summed E-state index contributed by atoms with van der Waals surface area (Å²) in [5.74, 6) is 0.734. The summed E-state index contributed by atoms with van der Waals surface area (Å²) in [5.41, 5.74) is -0.312. The van der Waals surface area contributed by atoms with Crippen LogP contribution in [0.15, 0.2) is 0 Å². The van der Waals surface area contributed by atoms with E-state index in [1.165, 1.54) is 38.5 Å². The van der Waals surface area contributed by atoms with Gasteiger partial charge in [-0.25, -0.2) is 0 Å². The van der Waals surface area contributed by atoms with Gasteiger partial charge >= 0.3 is 0 Å². The molecule has 0 unspecified atom stereocenters. The summed E-state index contributed by atoms with van der Waals surface area (Å²) < 4.78 is 0. The fraction of sp³-hybridized carbons (Fsp3) is 1.00. The first-order valence-corrected chi connectivity index (χ1v) is 6.42. The van der Waals surface area contributed by atoms with Crippen LogP contribution in [-0.2, 0) is 0 Å². The normalized spacial score (nSPS) is 22.3. The molecule has 0 aromatic heterocycles. The lowest BCUT2D eigenvalue weighted by atomic mass is 9.82. The highest BCUT2D eigenvalue weighted by atomic mass is 16.3. The van der Waals surface area contributed by atoms with E-state index in [4.69, 9.17) is 0 Å². The van der Waals surface area contributed by atoms with Crippen molar-refractivity contribution in [3.63, 3.8) is 0 Å². The van der Waals surface area contributed by atoms with Crippen molar-refractivity contribution in [2.75, 3.05) is 0 Å². The summed E-state index contributed by atoms with van der Waals surface area (Å²) in [7, 11) is 0. The maximum atomic E-state index is 10.5. The van der Waals surface area contributed by atoms with E-state index >= 15 is 0 Å². The van der Waals surface area contributed by atoms with Crippen LogP contribution >= 0.6 is 0 Å². The zero-order chi connectivity index (χ0) is 10.4. The molecule has 0 aromatic carbocycles. The number of hydrogen-bond donors (Lipinski definition) is 1. The molecular formula is C13H26O. The topological polar surface area (TPSA) is 20.2 Å². The van der Waals surface area contributed by atoms with E-state index in [9.17, 15) is 5.11 Å². The van der Waals surface area contributed by atoms with Crippen LogP contribution < -0.4 is 0 Å². The molecular weight excluding hydrogens is 172 g/mol. The molecule has 0 aromatic rings. The number of rotatable bonds is 4. The standard InChI is InChI=1S/C13H26O/c1-3-12(4-2)11-13(14)9-7-5-6-8-10-13/h12,14H,3-11H2,1-2H3. The van der Waals surface area contributed by atoms with Gasteiger partial charge in [0, 0.05) is 0 Å². The van der Waals surface area contributed by atoms with Crippen LogP contribution in [0.25, 0.3) is 0 Å². The lowest BCUT2D eigenvalue weighted by Crippen LogP contribution is -2.30. The largest absolute Gasteiger partial charge is 0.390 e. The smallest absolute Gasteiger partial charge is 0.0650 e. The van der Waals surface area contributed by atoms with Gasteiger partial charge in [0.05, 0.1) is 5.60 Å². The van der Waals surface area contributed by atoms with Crippen molar-refractivity contribution in [3.05, 3.63) is 0 Å². The Morgan fingerprint density at radius 3 is 1.93 bits per heavy atom. The molecule has 1 aliphatic carbocycles. The van der Waals surface area contributed by atoms with E-state index in [1.54, 1.807) is 0 Å². The van der Waals surface area contributed by atoms with E-state index in [-0.39, 0.29) is 5.60 Å². The van der Waals surface area contributed by atoms with Crippen molar-refractivity contribution in [2.45, 2.75) is 77.2 Å². The summed E-state index contributed by atoms with van der Waals surface area (Å²) >= 11 is 0. The van der Waals surface area contributed by atoms with Crippen molar-refractivity contribution >= 4 is 0 Å². The van der Waals surface area contributed by atoms with Gasteiger partial charge in [0.25, 0.3) is 0 Å². The molecule has 0 bridgehead atoms. The summed E-state index contributed by atoms with van der Waals surface area (Å²) in [6.45, 7) is 4.49. The minimum absolute atomic E-state index is 0.312. The summed E-state index contributed by atoms with van der Waals surface area (Å²) in [6, 6.07) is 0. The molecule has 0 atom stereocenters. The molecule has 1 fully saturated rings. The average Bonchev–Trinajstić information content (AvgIpc) is 2.40. The highest BCUT2D eigenvalue weighted by Crippen LogP contribution is 2.34. The second kappa shape index (κ2) is 5.75. The Morgan fingerprint density at radius 2 is 1.50 bits per heavy atom. The summed E-state index contributed by atoms with van der Waals surface area (Å²) in [5, 5.41) is 10.5. The Kier molecular flexibility index (Phi) is 4.94. The molecule has 14 heavy (non-hydrogen) atoms. The predicted molar refractivity (Wildman–Crippen MR) is 61.3 cm³/mol. The second-order valence-electron chi connectivity index (χ2n) is 5.03. The minimum atomic E-state index is -0.312. The van der Waals surface area contributed by atoms with Crippen LogP contribution in [0, 0.1) is 5.92 Å². The Hall–Kier alpha value is -0.0400. The molecule has 0 saturated heterocycles. The molecule has 0 aliphatic heterocycles. The fourth-order valence-electron chi connectivity index (χ4n) is 2.71. The van der Waals surface area contributed by atoms with Crippen molar-refractivity contribution < 1.29 is 5.11 Å². The van der Waals surface area contributed by atoms with Gasteiger partial charge in [-0.1, -0.05) is 52.4 Å². The first kappa shape index (κ1) is 12.0. The van der Waals surface area contributed by atoms with E-state index in [0.29, 0.717) is 0 Å². The average molecular weight is 198 g/mol. The number of aliphatic hydroxyl groups is 1. The second-order valence-corrected chi connectivity index (χ2v) is 5.03. The van der Waals surface area contributed by atoms with Gasteiger partial charge in [0.2, 0.25) is 0 Å². The summed E-state index contributed by atoms with van der Waals surface area (Å²) in [6.07, 6.45) is 10.7. The molecule has 1 saturated carbocycles. The van der Waals surface area contributed by atoms with Gasteiger partial charge in [-0.05, 0) is 25.2 Å². The molecule has 0 radical (unpaired) electrons. The van der Waals surface area contributed by atoms with Gasteiger partial charge in [-0.2, -0.15) is 0 Å². The quantitative estimate of drug-likeness (QED) is 0.679. The highest BCUT2D eigenvalue weighted by molar-refractivity contribution is 4.83. The molecule has 84 valence electrons. The maximum absolute atomic E-state index is 10.5. The Bertz CT molecular complexity index is 141. The number of hydrogen-bond acceptors (Lipinski definition) is 1. The molecule has 1 N–H and O–H groups in total. The maximum Gasteiger partial charge on any atom is 0.0650 e. The van der Waals surface area contributed by atoms with Gasteiger partial charge in [0.15, 0.2) is 0 Å². The molecule has 0 heterocycles. The van der Waals surface area contributed by atoms with Crippen LogP contribution in [0.1, 0.15) is 71.6 Å². The van der Waals surface area contributed by atoms with Crippen LogP contribution in [0.3, 0.4) is 0 Å². The first-order valence-electron chi connectivity index (χ1n) is 6.42. The van der Waals surface area contributed by atoms with Gasteiger partial charge in [0.1, 0.15) is 0 Å². The molecule has 1 rings (SSSR count). The van der Waals surface area contributed by atoms with Crippen LogP contribution in [-0.4, -0.2) is 10.7 Å². The molecule has 1 heteroatoms. The molecule has 0 spiro atoms. The van der Waals surface area contributed by atoms with Crippen molar-refractivity contribution in [2.24, 2.45) is 5.92 Å². The van der Waals surface area contributed by atoms with Crippen molar-refractivity contribution in [1.82, 2.24) is 0 Å². The highest BCUT2D eigenvalue weighted by Gasteiger charge is 2.29. The van der Waals surface area contributed by atoms with E-state index in [0.717, 1.165) is 25.2 Å². The van der Waals surface area contributed by atoms with Crippen LogP contribution in [0.2, 0.25) is 0 Å². The van der Waals surface area contributed by atoms with Gasteiger partial charge in [-0.15, -0.1) is 0 Å². The van der Waals surface area contributed by atoms with Gasteiger partial charge < -0.3 is 5.11 Å². The molecule has 0 amide bonds. The zero-order valence-corrected chi connectivity index (χ0v) is 9.89. The third-order valence-electron chi connectivity index (χ3n) is 3.86. The van der Waals surface area contributed by atoms with E-state index in [2.05, 4.69) is 13.8 Å². The summed E-state index contributed by atoms with van der Waals surface area (Å²) in [4.78, 5) is 0. The van der Waals surface area contributed by atoms with E-state index in [1.807, 2.05) is 0 Å². The third kappa shape index (κ3) is 3.61. The zero-order valence-electron chi connectivity index (χ0n) is 9.89. The van der Waals surface area contributed by atoms with Crippen molar-refractivity contribution in [3.8, 4) is 0 Å². The predicted octanol–water partition coefficient (Wildman–Crippen LogP) is 3.90. The van der Waals surface area contributed by atoms with Crippen molar-refractivity contribution in [1.29, 1.82) is 0 Å². The monoisotopic (exact) mass is 198 g/mol. The van der Waals surface area contributed by atoms with E-state index < -0.39 is 0 Å². The minimum Gasteiger partial charge on any atom is -0.390 e. The van der Waals surface area contributed by atoms with Crippen LogP contribution in [0.5, 0.6) is 0 Å². The SMILES string of the molecule is CCC(CC)CC1(O)CCCCCC1. The third-order valence-corrected chi connectivity index (χ3v) is 3.86. The van der Waals surface area contributed by atoms with Gasteiger partial charge in [-0.3, -0.25) is 0 Å².